The molecule has 3 N–H and O–H groups in total. The van der Waals surface area contributed by atoms with Crippen LogP contribution in [-0.2, 0) is 10.9 Å². The van der Waals surface area contributed by atoms with Gasteiger partial charge in [-0.15, -0.1) is 12.4 Å². The van der Waals surface area contributed by atoms with Gasteiger partial charge in [0.15, 0.2) is 0 Å². The maximum Gasteiger partial charge on any atom is 0.416 e. The molecule has 0 aromatic heterocycles. The third-order valence-corrected chi connectivity index (χ3v) is 5.14. The van der Waals surface area contributed by atoms with Gasteiger partial charge in [-0.3, -0.25) is 9.69 Å². The van der Waals surface area contributed by atoms with Gasteiger partial charge in [0, 0.05) is 12.1 Å². The predicted molar refractivity (Wildman–Crippen MR) is 97.4 cm³/mol. The zero-order chi connectivity index (χ0) is 19.6. The number of benzene rings is 1. The maximum absolute atomic E-state index is 12.6. The summed E-state index contributed by atoms with van der Waals surface area (Å²) in [4.78, 5) is 14.3. The Kier molecular flexibility index (Phi) is 7.69. The second-order valence-corrected chi connectivity index (χ2v) is 6.90. The van der Waals surface area contributed by atoms with Crippen molar-refractivity contribution in [3.8, 4) is 0 Å². The fourth-order valence-electron chi connectivity index (χ4n) is 3.74. The summed E-state index contributed by atoms with van der Waals surface area (Å²) in [6.07, 6.45) is -4.52. The number of aliphatic hydroxyl groups is 2. The Morgan fingerprint density at radius 1 is 1.18 bits per heavy atom. The maximum atomic E-state index is 12.6. The molecule has 3 rings (SSSR count). The topological polar surface area (TPSA) is 82.0 Å². The Balaban J connectivity index is 0.00000280. The molecule has 10 heteroatoms. The van der Waals surface area contributed by atoms with Gasteiger partial charge < -0.3 is 20.3 Å². The van der Waals surface area contributed by atoms with Crippen LogP contribution < -0.4 is 5.32 Å². The average molecular weight is 425 g/mol. The molecule has 2 saturated heterocycles. The fourth-order valence-corrected chi connectivity index (χ4v) is 3.74. The summed E-state index contributed by atoms with van der Waals surface area (Å²) >= 11 is 0. The number of ether oxygens (including phenoxy) is 1. The fraction of sp³-hybridized carbons (Fsp3) is 0.611. The van der Waals surface area contributed by atoms with E-state index in [1.165, 1.54) is 0 Å². The van der Waals surface area contributed by atoms with E-state index in [4.69, 9.17) is 4.74 Å². The minimum absolute atomic E-state index is 0. The van der Waals surface area contributed by atoms with Gasteiger partial charge in [-0.2, -0.15) is 13.2 Å². The van der Waals surface area contributed by atoms with E-state index in [-0.39, 0.29) is 37.2 Å². The van der Waals surface area contributed by atoms with Crippen LogP contribution in [0, 0.1) is 0 Å². The van der Waals surface area contributed by atoms with Crippen LogP contribution in [0.4, 0.5) is 13.2 Å². The van der Waals surface area contributed by atoms with Crippen LogP contribution in [0.25, 0.3) is 0 Å². The van der Waals surface area contributed by atoms with Crippen LogP contribution in [0.15, 0.2) is 24.3 Å². The molecule has 0 aliphatic carbocycles. The van der Waals surface area contributed by atoms with Gasteiger partial charge in [-0.1, -0.05) is 0 Å². The summed E-state index contributed by atoms with van der Waals surface area (Å²) in [6.45, 7) is 1.39. The van der Waals surface area contributed by atoms with Crippen molar-refractivity contribution in [2.75, 3.05) is 26.2 Å². The van der Waals surface area contributed by atoms with Gasteiger partial charge in [0.25, 0.3) is 5.91 Å². The first-order valence-electron chi connectivity index (χ1n) is 8.95. The lowest BCUT2D eigenvalue weighted by atomic mass is 10.0. The second kappa shape index (κ2) is 9.41. The average Bonchev–Trinajstić information content (AvgIpc) is 3.26. The molecule has 0 bridgehead atoms. The molecular formula is C18H24ClF3N2O4. The number of alkyl halides is 3. The molecule has 0 radical (unpaired) electrons. The largest absolute Gasteiger partial charge is 0.416 e. The van der Waals surface area contributed by atoms with Gasteiger partial charge in [0.05, 0.1) is 24.3 Å². The molecular weight excluding hydrogens is 401 g/mol. The Labute approximate surface area is 167 Å². The SMILES string of the molecule is Cl.O=C(NC[C@H]1O[C@@H](CO)[C@@H](O)[C@H]1N1CCCC1)c1ccc(C(F)(F)F)cc1. The van der Waals surface area contributed by atoms with E-state index in [0.717, 1.165) is 50.2 Å². The van der Waals surface area contributed by atoms with E-state index in [9.17, 15) is 28.2 Å². The number of nitrogens with zero attached hydrogens (tertiary/aromatic N) is 1. The van der Waals surface area contributed by atoms with Crippen molar-refractivity contribution in [3.05, 3.63) is 35.4 Å². The molecule has 2 aliphatic rings. The highest BCUT2D eigenvalue weighted by Crippen LogP contribution is 2.30. The van der Waals surface area contributed by atoms with E-state index < -0.39 is 36.0 Å². The highest BCUT2D eigenvalue weighted by atomic mass is 35.5. The van der Waals surface area contributed by atoms with Crippen molar-refractivity contribution in [3.63, 3.8) is 0 Å². The summed E-state index contributed by atoms with van der Waals surface area (Å²) in [7, 11) is 0. The number of carbonyl (C=O) groups is 1. The molecule has 1 amide bonds. The van der Waals surface area contributed by atoms with E-state index in [0.29, 0.717) is 0 Å². The Morgan fingerprint density at radius 2 is 1.79 bits per heavy atom. The van der Waals surface area contributed by atoms with E-state index in [1.54, 1.807) is 0 Å². The van der Waals surface area contributed by atoms with Gasteiger partial charge in [-0.05, 0) is 50.2 Å². The van der Waals surface area contributed by atoms with Crippen LogP contribution in [-0.4, -0.2) is 71.6 Å². The summed E-state index contributed by atoms with van der Waals surface area (Å²) in [5.41, 5.74) is -0.709. The quantitative estimate of drug-likeness (QED) is 0.666. The third-order valence-electron chi connectivity index (χ3n) is 5.14. The molecule has 158 valence electrons. The number of amides is 1. The van der Waals surface area contributed by atoms with Crippen molar-refractivity contribution in [2.45, 2.75) is 43.4 Å². The monoisotopic (exact) mass is 424 g/mol. The first kappa shape index (κ1) is 22.9. The van der Waals surface area contributed by atoms with Gasteiger partial charge in [0.2, 0.25) is 0 Å². The smallest absolute Gasteiger partial charge is 0.394 e. The van der Waals surface area contributed by atoms with E-state index in [1.807, 2.05) is 0 Å². The van der Waals surface area contributed by atoms with E-state index in [2.05, 4.69) is 10.2 Å². The van der Waals surface area contributed by atoms with Crippen LogP contribution in [0.3, 0.4) is 0 Å². The number of rotatable bonds is 5. The molecule has 6 nitrogen and oxygen atoms in total. The molecule has 0 spiro atoms. The second-order valence-electron chi connectivity index (χ2n) is 6.90. The summed E-state index contributed by atoms with van der Waals surface area (Å²) in [5.74, 6) is -0.519. The Bertz CT molecular complexity index is 653. The Hall–Kier alpha value is -1.39. The van der Waals surface area contributed by atoms with Crippen molar-refractivity contribution in [1.82, 2.24) is 10.2 Å². The molecule has 28 heavy (non-hydrogen) atoms. The van der Waals surface area contributed by atoms with Crippen LogP contribution in [0.5, 0.6) is 0 Å². The lowest BCUT2D eigenvalue weighted by molar-refractivity contribution is -0.137. The van der Waals surface area contributed by atoms with Crippen LogP contribution in [0.2, 0.25) is 0 Å². The van der Waals surface area contributed by atoms with E-state index >= 15 is 0 Å². The molecule has 1 aromatic rings. The summed E-state index contributed by atoms with van der Waals surface area (Å²) in [6, 6.07) is 3.63. The number of aliphatic hydroxyl groups excluding tert-OH is 2. The molecule has 1 aromatic carbocycles. The normalized spacial score (nSPS) is 28.2. The van der Waals surface area contributed by atoms with Gasteiger partial charge >= 0.3 is 6.18 Å². The number of nitrogens with one attached hydrogen (secondary N) is 1. The lowest BCUT2D eigenvalue weighted by Gasteiger charge is -2.30. The van der Waals surface area contributed by atoms with Gasteiger partial charge in [-0.25, -0.2) is 0 Å². The zero-order valence-electron chi connectivity index (χ0n) is 15.1. The standard InChI is InChI=1S/C18H23F3N2O4.ClH/c19-18(20,21)12-5-3-11(4-6-12)17(26)22-9-13-15(23-7-1-2-8-23)16(25)14(10-24)27-13;/h3-6,13-16,24-25H,1-2,7-10H2,(H,22,26);1H/t13-,14+,15+,16-;/m1./s1. The minimum atomic E-state index is -4.45. The van der Waals surface area contributed by atoms with Gasteiger partial charge in [0.1, 0.15) is 12.2 Å². The molecule has 0 unspecified atom stereocenters. The first-order valence-corrected chi connectivity index (χ1v) is 8.95. The molecule has 0 saturated carbocycles. The van der Waals surface area contributed by atoms with Crippen molar-refractivity contribution >= 4 is 18.3 Å². The third kappa shape index (κ3) is 4.96. The first-order chi connectivity index (χ1) is 12.8. The highest BCUT2D eigenvalue weighted by molar-refractivity contribution is 5.94. The molecule has 4 atom stereocenters. The number of hydrogen-bond donors (Lipinski definition) is 3. The number of likely N-dealkylation sites (tertiary alicyclic amines) is 1. The minimum Gasteiger partial charge on any atom is -0.394 e. The number of hydrogen-bond acceptors (Lipinski definition) is 5. The van der Waals surface area contributed by atoms with Crippen molar-refractivity contribution < 1.29 is 32.9 Å². The van der Waals surface area contributed by atoms with Crippen LogP contribution in [0.1, 0.15) is 28.8 Å². The summed E-state index contributed by atoms with van der Waals surface area (Å²) < 4.78 is 43.5. The number of carbonyl (C=O) groups excluding carboxylic acids is 1. The predicted octanol–water partition coefficient (Wildman–Crippen LogP) is 1.44. The van der Waals surface area contributed by atoms with Crippen molar-refractivity contribution in [1.29, 1.82) is 0 Å². The molecule has 2 heterocycles. The number of halogens is 4. The highest BCUT2D eigenvalue weighted by Gasteiger charge is 2.46. The summed E-state index contributed by atoms with van der Waals surface area (Å²) in [5, 5.41) is 22.5. The molecule has 2 aliphatic heterocycles. The van der Waals surface area contributed by atoms with Crippen molar-refractivity contribution in [2.24, 2.45) is 0 Å². The Morgan fingerprint density at radius 3 is 2.32 bits per heavy atom. The molecule has 2 fully saturated rings. The van der Waals surface area contributed by atoms with Crippen LogP contribution >= 0.6 is 12.4 Å². The lowest BCUT2D eigenvalue weighted by Crippen LogP contribution is -2.50. The zero-order valence-corrected chi connectivity index (χ0v) is 15.9.